The zero-order valence-corrected chi connectivity index (χ0v) is 51.3. The van der Waals surface area contributed by atoms with Crippen LogP contribution in [-0.2, 0) is 49.6 Å². The van der Waals surface area contributed by atoms with Crippen LogP contribution in [0.1, 0.15) is 212 Å². The Bertz CT molecular complexity index is 4370. The zero-order valence-electron chi connectivity index (χ0n) is 51.3. The Labute approximate surface area is 501 Å². The molecule has 456 valence electrons. The maximum Gasteiger partial charge on any atom is 0.303 e. The maximum atomic E-state index is 12.2. The molecule has 0 aromatic carbocycles. The number of aliphatic hydroxyl groups excluding tert-OH is 2. The van der Waals surface area contributed by atoms with Crippen LogP contribution in [0.25, 0.3) is 48.6 Å². The largest absolute Gasteiger partial charge is 0.481 e. The SMILES string of the molecule is Cc1c2[nH]c(c1CCC(=O)O)C=c1[nH]c(c(C)c1CCC(=O)O)=Cc1[nH]c(c(C)c1C(C)OC(C)c1c3[nH]c(c1C)C=c1[nH]c(c(C)c1C(C)O)=Cc1[nH]c(c(CCC(=O)O)c1C)C=c1[nH]c(c(C)c1CCC(=O)O)=C3)C=c1[nH]c(c(C)c1C(C)O)=C2. The number of aliphatic hydroxyl groups is 2. The molecule has 4 unspecified atom stereocenters. The van der Waals surface area contributed by atoms with Crippen molar-refractivity contribution in [2.45, 2.75) is 159 Å². The zero-order chi connectivity index (χ0) is 62.8. The Kier molecular flexibility index (Phi) is 16.9. The molecule has 14 N–H and O–H groups in total. The predicted octanol–water partition coefficient (Wildman–Crippen LogP) is 5.05. The number of aliphatic carboxylic acids is 4. The Morgan fingerprint density at radius 1 is 0.322 bits per heavy atom. The average molecular weight is 1180 g/mol. The van der Waals surface area contributed by atoms with E-state index in [1.165, 1.54) is 0 Å². The van der Waals surface area contributed by atoms with Crippen LogP contribution >= 0.6 is 0 Å². The van der Waals surface area contributed by atoms with E-state index in [4.69, 9.17) is 4.74 Å². The third kappa shape index (κ3) is 11.9. The third-order valence-corrected chi connectivity index (χ3v) is 18.0. The average Bonchev–Trinajstić information content (AvgIpc) is 1.71. The topological polar surface area (TPSA) is 325 Å². The molecule has 0 amide bonds. The smallest absolute Gasteiger partial charge is 0.303 e. The van der Waals surface area contributed by atoms with Gasteiger partial charge in [-0.05, 0) is 224 Å². The molecule has 4 atom stereocenters. The van der Waals surface area contributed by atoms with Crippen molar-refractivity contribution < 1.29 is 54.6 Å². The summed E-state index contributed by atoms with van der Waals surface area (Å²) in [5.41, 5.74) is 19.0. The number of carboxylic acids is 4. The first-order chi connectivity index (χ1) is 41.2. The van der Waals surface area contributed by atoms with Crippen molar-refractivity contribution in [2.24, 2.45) is 0 Å². The fourth-order valence-corrected chi connectivity index (χ4v) is 13.4. The number of rotatable bonds is 18. The van der Waals surface area contributed by atoms with E-state index >= 15 is 0 Å². The number of carbonyl (C=O) groups is 4. The number of hydrogen-bond acceptors (Lipinski definition) is 7. The third-order valence-electron chi connectivity index (χ3n) is 18.0. The summed E-state index contributed by atoms with van der Waals surface area (Å²) in [6.07, 6.45) is 13.5. The summed E-state index contributed by atoms with van der Waals surface area (Å²) >= 11 is 0. The van der Waals surface area contributed by atoms with Crippen molar-refractivity contribution in [3.63, 3.8) is 0 Å². The summed E-state index contributed by atoms with van der Waals surface area (Å²) < 4.78 is 7.31. The highest BCUT2D eigenvalue weighted by Gasteiger charge is 2.27. The molecule has 8 aromatic heterocycles. The van der Waals surface area contributed by atoms with Gasteiger partial charge in [-0.3, -0.25) is 19.2 Å². The molecule has 0 fully saturated rings. The number of nitrogens with one attached hydrogen (secondary N) is 8. The van der Waals surface area contributed by atoms with Gasteiger partial charge >= 0.3 is 23.9 Å². The molecule has 8 aromatic rings. The van der Waals surface area contributed by atoms with Gasteiger partial charge in [0, 0.05) is 136 Å². The second-order valence-electron chi connectivity index (χ2n) is 23.7. The van der Waals surface area contributed by atoms with E-state index in [-0.39, 0.29) is 51.4 Å². The molecule has 2 aliphatic rings. The molecule has 10 heterocycles. The Morgan fingerprint density at radius 3 is 0.920 bits per heavy atom. The van der Waals surface area contributed by atoms with Crippen LogP contribution in [0.3, 0.4) is 0 Å². The molecule has 16 bridgehead atoms. The molecule has 87 heavy (non-hydrogen) atoms. The van der Waals surface area contributed by atoms with E-state index in [1.54, 1.807) is 13.8 Å². The van der Waals surface area contributed by atoms with Crippen LogP contribution in [0.5, 0.6) is 0 Å². The van der Waals surface area contributed by atoms with Crippen LogP contribution in [0.15, 0.2) is 0 Å². The molecule has 19 nitrogen and oxygen atoms in total. The van der Waals surface area contributed by atoms with Crippen molar-refractivity contribution in [2.75, 3.05) is 0 Å². The first kappa shape index (κ1) is 61.1. The van der Waals surface area contributed by atoms with Crippen LogP contribution in [0.2, 0.25) is 0 Å². The monoisotopic (exact) mass is 1180 g/mol. The number of hydrogen-bond donors (Lipinski definition) is 14. The lowest BCUT2D eigenvalue weighted by molar-refractivity contribution is -0.138. The lowest BCUT2D eigenvalue weighted by Gasteiger charge is -2.21. The van der Waals surface area contributed by atoms with E-state index in [0.29, 0.717) is 43.9 Å². The molecule has 0 saturated carbocycles. The Hall–Kier alpha value is -9.04. The summed E-state index contributed by atoms with van der Waals surface area (Å²) in [7, 11) is 0. The number of aromatic amines is 8. The summed E-state index contributed by atoms with van der Waals surface area (Å²) in [6, 6.07) is 0. The minimum atomic E-state index is -0.942. The molecule has 0 aliphatic carbocycles. The number of aromatic nitrogens is 8. The van der Waals surface area contributed by atoms with E-state index in [0.717, 1.165) is 133 Å². The van der Waals surface area contributed by atoms with E-state index in [2.05, 4.69) is 39.9 Å². The minimum Gasteiger partial charge on any atom is -0.481 e. The van der Waals surface area contributed by atoms with Gasteiger partial charge in [-0.25, -0.2) is 0 Å². The second kappa shape index (κ2) is 24.0. The number of H-pyrrole nitrogens is 8. The van der Waals surface area contributed by atoms with E-state index < -0.39 is 48.3 Å². The van der Waals surface area contributed by atoms with Gasteiger partial charge in [0.25, 0.3) is 0 Å². The summed E-state index contributed by atoms with van der Waals surface area (Å²) in [5, 5.41) is 68.1. The van der Waals surface area contributed by atoms with Gasteiger partial charge in [0.05, 0.1) is 24.4 Å². The van der Waals surface area contributed by atoms with Crippen molar-refractivity contribution in [1.29, 1.82) is 0 Å². The summed E-state index contributed by atoms with van der Waals surface area (Å²) in [4.78, 5) is 77.4. The van der Waals surface area contributed by atoms with Crippen molar-refractivity contribution in [1.82, 2.24) is 39.9 Å². The molecule has 10 rings (SSSR count). The molecule has 0 spiro atoms. The van der Waals surface area contributed by atoms with E-state index in [9.17, 15) is 49.8 Å². The minimum absolute atomic E-state index is 0.101. The highest BCUT2D eigenvalue weighted by molar-refractivity contribution is 5.72. The lowest BCUT2D eigenvalue weighted by Crippen LogP contribution is -2.14. The first-order valence-electron chi connectivity index (χ1n) is 29.6. The quantitative estimate of drug-likeness (QED) is 0.0539. The molecule has 0 saturated heterocycles. The predicted molar refractivity (Wildman–Crippen MR) is 333 cm³/mol. The van der Waals surface area contributed by atoms with Crippen molar-refractivity contribution in [3.8, 4) is 0 Å². The summed E-state index contributed by atoms with van der Waals surface area (Å²) in [6.45, 7) is 23.3. The molecule has 19 heteroatoms. The van der Waals surface area contributed by atoms with Crippen molar-refractivity contribution >= 4 is 72.5 Å². The maximum absolute atomic E-state index is 12.2. The highest BCUT2D eigenvalue weighted by Crippen LogP contribution is 2.37. The van der Waals surface area contributed by atoms with Crippen molar-refractivity contribution in [3.05, 3.63) is 177 Å². The fourth-order valence-electron chi connectivity index (χ4n) is 13.4. The Morgan fingerprint density at radius 2 is 0.586 bits per heavy atom. The molecular weight excluding hydrogens is 1100 g/mol. The van der Waals surface area contributed by atoms with Crippen LogP contribution in [0, 0.1) is 55.4 Å². The second-order valence-corrected chi connectivity index (χ2v) is 23.7. The molecule has 2 aliphatic heterocycles. The van der Waals surface area contributed by atoms with E-state index in [1.807, 2.05) is 118 Å². The van der Waals surface area contributed by atoms with Crippen LogP contribution in [0.4, 0.5) is 0 Å². The van der Waals surface area contributed by atoms with Gasteiger partial charge in [0.1, 0.15) is 0 Å². The normalized spacial score (nSPS) is 14.0. The van der Waals surface area contributed by atoms with Gasteiger partial charge < -0.3 is 75.2 Å². The van der Waals surface area contributed by atoms with Crippen LogP contribution < -0.4 is 42.8 Å². The van der Waals surface area contributed by atoms with Gasteiger partial charge in [-0.15, -0.1) is 0 Å². The lowest BCUT2D eigenvalue weighted by atomic mass is 10.0. The number of fused-ring (bicyclic) bond motifs is 16. The Balaban J connectivity index is 1.19. The van der Waals surface area contributed by atoms with Gasteiger partial charge in [0.15, 0.2) is 0 Å². The standard InChI is InChI=1S/C68H78N8O11/c1-29-41(13-17-61(79)80)53-27-55-43(15-19-63(83)84)31(3)47(71-55)23-59-67(35(7)51(75-59)25-57-65(37(9)77)33(5)49(73-57)21-45(29)69-53)39(11)87-40(12)68-36(8)52-26-58-66(38(10)78)34(6)50(74-58)22-46-30(2)42(14-18-62(81)82)54(70-46)28-56-44(16-20-64(85)86)32(4)48(72-56)24-60(68)76-52/h21-28,37-40,69-78H,13-20H2,1-12H3,(H,79,80)(H,81,82)(H,83,84)(H,85,86). The van der Waals surface area contributed by atoms with Crippen LogP contribution in [-0.4, -0.2) is 94.4 Å². The molecular formula is C68H78N8O11. The molecule has 0 radical (unpaired) electrons. The summed E-state index contributed by atoms with van der Waals surface area (Å²) in [5.74, 6) is -3.75. The number of ether oxygens (including phenoxy) is 1. The van der Waals surface area contributed by atoms with Gasteiger partial charge in [-0.1, -0.05) is 0 Å². The van der Waals surface area contributed by atoms with Gasteiger partial charge in [-0.2, -0.15) is 0 Å². The fraction of sp³-hybridized carbons (Fsp3) is 0.353. The number of carboxylic acid groups (broad SMARTS) is 4. The highest BCUT2D eigenvalue weighted by atomic mass is 16.5. The first-order valence-corrected chi connectivity index (χ1v) is 29.6. The van der Waals surface area contributed by atoms with Gasteiger partial charge in [0.2, 0.25) is 0 Å².